The number of benzene rings is 1. The zero-order valence-electron chi connectivity index (χ0n) is 12.1. The molecule has 0 aliphatic carbocycles. The molecule has 0 radical (unpaired) electrons. The molecule has 0 spiro atoms. The number of nitrogens with zero attached hydrogens (tertiary/aromatic N) is 1. The minimum Gasteiger partial charge on any atom is -0.369 e. The fourth-order valence-electron chi connectivity index (χ4n) is 3.16. The van der Waals surface area contributed by atoms with Gasteiger partial charge in [0.2, 0.25) is 0 Å². The molecule has 18 heavy (non-hydrogen) atoms. The Balaban J connectivity index is 2.12. The molecule has 0 bridgehead atoms. The lowest BCUT2D eigenvalue weighted by molar-refractivity contribution is 0.577. The van der Waals surface area contributed by atoms with E-state index in [1.165, 1.54) is 24.2 Å². The standard InChI is InChI=1S/C16H26N2/c1-5-16(17-4)14-6-8-15(9-7-14)18-11-12(2)10-13(18)3/h6-9,12-13,16-17H,5,10-11H2,1-4H3. The van der Waals surface area contributed by atoms with E-state index < -0.39 is 0 Å². The Morgan fingerprint density at radius 2 is 1.94 bits per heavy atom. The van der Waals surface area contributed by atoms with E-state index in [0.717, 1.165) is 12.3 Å². The molecule has 2 nitrogen and oxygen atoms in total. The minimum absolute atomic E-state index is 0.481. The molecular formula is C16H26N2. The van der Waals surface area contributed by atoms with Gasteiger partial charge in [0.15, 0.2) is 0 Å². The molecule has 3 unspecified atom stereocenters. The topological polar surface area (TPSA) is 15.3 Å². The van der Waals surface area contributed by atoms with Crippen molar-refractivity contribution >= 4 is 5.69 Å². The first kappa shape index (κ1) is 13.4. The number of hydrogen-bond acceptors (Lipinski definition) is 2. The van der Waals surface area contributed by atoms with Gasteiger partial charge in [0.1, 0.15) is 0 Å². The van der Waals surface area contributed by atoms with Crippen molar-refractivity contribution in [2.24, 2.45) is 5.92 Å². The van der Waals surface area contributed by atoms with E-state index in [2.05, 4.69) is 55.3 Å². The Labute approximate surface area is 111 Å². The second-order valence-corrected chi connectivity index (χ2v) is 5.68. The van der Waals surface area contributed by atoms with Crippen LogP contribution in [0.5, 0.6) is 0 Å². The van der Waals surface area contributed by atoms with Crippen molar-refractivity contribution in [1.82, 2.24) is 5.32 Å². The van der Waals surface area contributed by atoms with Crippen LogP contribution in [0.4, 0.5) is 5.69 Å². The van der Waals surface area contributed by atoms with Crippen molar-refractivity contribution in [3.63, 3.8) is 0 Å². The number of nitrogens with one attached hydrogen (secondary N) is 1. The fourth-order valence-corrected chi connectivity index (χ4v) is 3.16. The van der Waals surface area contributed by atoms with Crippen LogP contribution in [-0.4, -0.2) is 19.6 Å². The summed E-state index contributed by atoms with van der Waals surface area (Å²) in [6.07, 6.45) is 2.45. The first-order valence-electron chi connectivity index (χ1n) is 7.19. The number of anilines is 1. The Morgan fingerprint density at radius 1 is 1.28 bits per heavy atom. The third-order valence-electron chi connectivity index (χ3n) is 4.17. The highest BCUT2D eigenvalue weighted by Gasteiger charge is 2.26. The average molecular weight is 246 g/mol. The highest BCUT2D eigenvalue weighted by Crippen LogP contribution is 2.29. The molecule has 1 aliphatic rings. The maximum absolute atomic E-state index is 3.36. The van der Waals surface area contributed by atoms with Crippen molar-refractivity contribution in [2.45, 2.75) is 45.7 Å². The van der Waals surface area contributed by atoms with E-state index in [9.17, 15) is 0 Å². The summed E-state index contributed by atoms with van der Waals surface area (Å²) in [5, 5.41) is 3.36. The summed E-state index contributed by atoms with van der Waals surface area (Å²) in [5.41, 5.74) is 2.77. The summed E-state index contributed by atoms with van der Waals surface area (Å²) in [6.45, 7) is 8.10. The van der Waals surface area contributed by atoms with Gasteiger partial charge in [-0.25, -0.2) is 0 Å². The highest BCUT2D eigenvalue weighted by molar-refractivity contribution is 5.50. The van der Waals surface area contributed by atoms with Crippen molar-refractivity contribution in [1.29, 1.82) is 0 Å². The Morgan fingerprint density at radius 3 is 2.39 bits per heavy atom. The zero-order chi connectivity index (χ0) is 13.1. The molecule has 1 heterocycles. The van der Waals surface area contributed by atoms with Crippen LogP contribution in [0.3, 0.4) is 0 Å². The Hall–Kier alpha value is -1.02. The van der Waals surface area contributed by atoms with Crippen LogP contribution in [0.2, 0.25) is 0 Å². The highest BCUT2D eigenvalue weighted by atomic mass is 15.2. The first-order valence-corrected chi connectivity index (χ1v) is 7.19. The van der Waals surface area contributed by atoms with E-state index in [4.69, 9.17) is 0 Å². The molecule has 1 aromatic rings. The van der Waals surface area contributed by atoms with E-state index in [1.807, 2.05) is 7.05 Å². The quantitative estimate of drug-likeness (QED) is 0.873. The predicted octanol–water partition coefficient (Wildman–Crippen LogP) is 3.59. The second-order valence-electron chi connectivity index (χ2n) is 5.68. The van der Waals surface area contributed by atoms with Gasteiger partial charge in [0, 0.05) is 24.3 Å². The van der Waals surface area contributed by atoms with Gasteiger partial charge in [0.25, 0.3) is 0 Å². The van der Waals surface area contributed by atoms with E-state index >= 15 is 0 Å². The van der Waals surface area contributed by atoms with Crippen LogP contribution in [0.1, 0.15) is 45.2 Å². The molecule has 2 heteroatoms. The van der Waals surface area contributed by atoms with Gasteiger partial charge in [-0.1, -0.05) is 26.0 Å². The van der Waals surface area contributed by atoms with Crippen LogP contribution in [0.25, 0.3) is 0 Å². The van der Waals surface area contributed by atoms with Gasteiger partial charge in [0.05, 0.1) is 0 Å². The molecule has 0 saturated carbocycles. The summed E-state index contributed by atoms with van der Waals surface area (Å²) in [7, 11) is 2.03. The normalized spacial score (nSPS) is 25.4. The van der Waals surface area contributed by atoms with Gasteiger partial charge < -0.3 is 10.2 Å². The SMILES string of the molecule is CCC(NC)c1ccc(N2CC(C)CC2C)cc1. The van der Waals surface area contributed by atoms with Crippen molar-refractivity contribution in [3.8, 4) is 0 Å². The van der Waals surface area contributed by atoms with Crippen LogP contribution in [0.15, 0.2) is 24.3 Å². The second kappa shape index (κ2) is 5.75. The lowest BCUT2D eigenvalue weighted by atomic mass is 10.0. The molecule has 2 rings (SSSR count). The minimum atomic E-state index is 0.481. The van der Waals surface area contributed by atoms with E-state index in [-0.39, 0.29) is 0 Å². The molecule has 3 atom stereocenters. The van der Waals surface area contributed by atoms with Gasteiger partial charge in [-0.15, -0.1) is 0 Å². The Kier molecular flexibility index (Phi) is 4.28. The van der Waals surface area contributed by atoms with Crippen LogP contribution >= 0.6 is 0 Å². The smallest absolute Gasteiger partial charge is 0.0368 e. The zero-order valence-corrected chi connectivity index (χ0v) is 12.1. The molecule has 1 aromatic carbocycles. The van der Waals surface area contributed by atoms with E-state index in [1.54, 1.807) is 0 Å². The molecule has 1 fully saturated rings. The summed E-state index contributed by atoms with van der Waals surface area (Å²) in [5.74, 6) is 0.820. The molecule has 1 aliphatic heterocycles. The Bertz CT molecular complexity index is 367. The monoisotopic (exact) mass is 246 g/mol. The lowest BCUT2D eigenvalue weighted by Crippen LogP contribution is -2.26. The molecule has 100 valence electrons. The van der Waals surface area contributed by atoms with Crippen LogP contribution in [-0.2, 0) is 0 Å². The number of hydrogen-bond donors (Lipinski definition) is 1. The maximum Gasteiger partial charge on any atom is 0.0368 e. The molecule has 0 aromatic heterocycles. The summed E-state index contributed by atoms with van der Waals surface area (Å²) in [6, 6.07) is 10.3. The number of rotatable bonds is 4. The van der Waals surface area contributed by atoms with Crippen LogP contribution < -0.4 is 10.2 Å². The van der Waals surface area contributed by atoms with Crippen LogP contribution in [0, 0.1) is 5.92 Å². The molecular weight excluding hydrogens is 220 g/mol. The maximum atomic E-state index is 3.36. The lowest BCUT2D eigenvalue weighted by Gasteiger charge is -2.24. The first-order chi connectivity index (χ1) is 8.65. The summed E-state index contributed by atoms with van der Waals surface area (Å²) < 4.78 is 0. The van der Waals surface area contributed by atoms with Crippen molar-refractivity contribution in [3.05, 3.63) is 29.8 Å². The largest absolute Gasteiger partial charge is 0.369 e. The molecule has 1 saturated heterocycles. The van der Waals surface area contributed by atoms with Gasteiger partial charge in [-0.3, -0.25) is 0 Å². The third kappa shape index (κ3) is 2.69. The van der Waals surface area contributed by atoms with Gasteiger partial charge in [-0.05, 0) is 50.4 Å². The summed E-state index contributed by atoms with van der Waals surface area (Å²) in [4.78, 5) is 2.54. The summed E-state index contributed by atoms with van der Waals surface area (Å²) >= 11 is 0. The molecule has 1 N–H and O–H groups in total. The van der Waals surface area contributed by atoms with Gasteiger partial charge >= 0.3 is 0 Å². The predicted molar refractivity (Wildman–Crippen MR) is 79.1 cm³/mol. The van der Waals surface area contributed by atoms with Gasteiger partial charge in [-0.2, -0.15) is 0 Å². The van der Waals surface area contributed by atoms with Crippen molar-refractivity contribution in [2.75, 3.05) is 18.5 Å². The average Bonchev–Trinajstić information content (AvgIpc) is 2.71. The molecule has 0 amide bonds. The third-order valence-corrected chi connectivity index (χ3v) is 4.17. The van der Waals surface area contributed by atoms with Crippen molar-refractivity contribution < 1.29 is 0 Å². The van der Waals surface area contributed by atoms with E-state index in [0.29, 0.717) is 12.1 Å². The fraction of sp³-hybridized carbons (Fsp3) is 0.625.